The van der Waals surface area contributed by atoms with E-state index in [4.69, 9.17) is 18.5 Å². The normalized spacial score (nSPS) is 13.8. The molecule has 0 aliphatic carbocycles. The SMILES string of the molecule is CCCCC/C=C\C/C=C\CCCCCCCCC(=O)O[C@H](COC(=O)CCCCCCCCCCCCCCC)COP(=O)(O)OCC[N+](C)(C)C. The molecule has 0 bridgehead atoms. The number of allylic oxidation sites excluding steroid dienone is 4. The third-order valence-electron chi connectivity index (χ3n) is 9.23. The van der Waals surface area contributed by atoms with Gasteiger partial charge in [0, 0.05) is 12.8 Å². The number of esters is 2. The summed E-state index contributed by atoms with van der Waals surface area (Å²) in [6.45, 7) is 4.39. The summed E-state index contributed by atoms with van der Waals surface area (Å²) in [4.78, 5) is 35.3. The van der Waals surface area contributed by atoms with Gasteiger partial charge in [0.05, 0.1) is 27.7 Å². The Morgan fingerprint density at radius 2 is 1.02 bits per heavy atom. The predicted octanol–water partition coefficient (Wildman–Crippen LogP) is 12.0. The molecule has 0 fully saturated rings. The Hall–Kier alpha value is -1.51. The smallest absolute Gasteiger partial charge is 0.462 e. The molecule has 0 aromatic carbocycles. The Morgan fingerprint density at radius 1 is 0.585 bits per heavy atom. The van der Waals surface area contributed by atoms with Crippen molar-refractivity contribution in [3.8, 4) is 0 Å². The third kappa shape index (κ3) is 40.0. The minimum atomic E-state index is -4.37. The lowest BCUT2D eigenvalue weighted by atomic mass is 10.0. The number of hydrogen-bond acceptors (Lipinski definition) is 7. The quantitative estimate of drug-likeness (QED) is 0.0216. The first-order valence-corrected chi connectivity index (χ1v) is 23.1. The maximum atomic E-state index is 12.7. The van der Waals surface area contributed by atoms with Gasteiger partial charge in [-0.3, -0.25) is 18.6 Å². The standard InChI is InChI=1S/C43H82NO8P/c1-6-8-10-12-14-16-18-20-21-22-24-26-28-30-32-34-36-43(46)52-41(40-51-53(47,48)50-38-37-44(3,4)5)39-49-42(45)35-33-31-29-27-25-23-19-17-15-13-11-9-7-2/h14,16,20-21,41H,6-13,15,17-19,22-40H2,1-5H3/p+1/b16-14-,21-20-/t41-/m1/s1. The van der Waals surface area contributed by atoms with Gasteiger partial charge < -0.3 is 18.9 Å². The maximum absolute atomic E-state index is 12.7. The number of phosphoric acid groups is 1. The number of unbranched alkanes of at least 4 members (excludes halogenated alkanes) is 21. The number of hydrogen-bond donors (Lipinski definition) is 1. The Kier molecular flexibility index (Phi) is 35.1. The van der Waals surface area contributed by atoms with E-state index in [2.05, 4.69) is 38.2 Å². The van der Waals surface area contributed by atoms with Crippen molar-refractivity contribution >= 4 is 19.8 Å². The van der Waals surface area contributed by atoms with E-state index in [1.807, 2.05) is 21.1 Å². The molecule has 312 valence electrons. The van der Waals surface area contributed by atoms with Crippen LogP contribution in [-0.4, -0.2) is 74.9 Å². The molecule has 0 aromatic heterocycles. The summed E-state index contributed by atoms with van der Waals surface area (Å²) < 4.78 is 34.3. The Labute approximate surface area is 326 Å². The lowest BCUT2D eigenvalue weighted by Gasteiger charge is -2.24. The number of likely N-dealkylation sites (N-methyl/N-ethyl adjacent to an activating group) is 1. The molecule has 0 saturated heterocycles. The summed E-state index contributed by atoms with van der Waals surface area (Å²) in [5.41, 5.74) is 0. The van der Waals surface area contributed by atoms with Gasteiger partial charge in [-0.15, -0.1) is 0 Å². The van der Waals surface area contributed by atoms with Gasteiger partial charge in [0.2, 0.25) is 0 Å². The van der Waals surface area contributed by atoms with Crippen LogP contribution in [0.15, 0.2) is 24.3 Å². The fraction of sp³-hybridized carbons (Fsp3) is 0.860. The second-order valence-corrected chi connectivity index (χ2v) is 17.2. The molecule has 0 saturated carbocycles. The largest absolute Gasteiger partial charge is 0.472 e. The second kappa shape index (κ2) is 36.1. The average molecular weight is 773 g/mol. The van der Waals surface area contributed by atoms with Gasteiger partial charge in [-0.1, -0.05) is 154 Å². The summed E-state index contributed by atoms with van der Waals surface area (Å²) in [7, 11) is 1.47. The van der Waals surface area contributed by atoms with E-state index in [0.717, 1.165) is 51.4 Å². The Morgan fingerprint density at radius 3 is 1.53 bits per heavy atom. The van der Waals surface area contributed by atoms with E-state index < -0.39 is 26.5 Å². The lowest BCUT2D eigenvalue weighted by Crippen LogP contribution is -2.37. The molecule has 1 unspecified atom stereocenters. The van der Waals surface area contributed by atoms with E-state index in [1.54, 1.807) is 0 Å². The number of carbonyl (C=O) groups is 2. The fourth-order valence-electron chi connectivity index (χ4n) is 5.81. The van der Waals surface area contributed by atoms with E-state index in [1.165, 1.54) is 103 Å². The molecular weight excluding hydrogens is 689 g/mol. The third-order valence-corrected chi connectivity index (χ3v) is 10.2. The number of quaternary nitrogens is 1. The van der Waals surface area contributed by atoms with E-state index in [-0.39, 0.29) is 25.6 Å². The van der Waals surface area contributed by atoms with Gasteiger partial charge >= 0.3 is 19.8 Å². The van der Waals surface area contributed by atoms with Crippen LogP contribution in [0.3, 0.4) is 0 Å². The molecule has 2 atom stereocenters. The summed E-state index contributed by atoms with van der Waals surface area (Å²) in [6, 6.07) is 0. The van der Waals surface area contributed by atoms with Gasteiger partial charge in [-0.05, 0) is 44.9 Å². The maximum Gasteiger partial charge on any atom is 0.472 e. The average Bonchev–Trinajstić information content (AvgIpc) is 3.10. The fourth-order valence-corrected chi connectivity index (χ4v) is 6.55. The highest BCUT2D eigenvalue weighted by Crippen LogP contribution is 2.43. The zero-order valence-electron chi connectivity index (χ0n) is 35.0. The molecule has 0 heterocycles. The molecule has 9 nitrogen and oxygen atoms in total. The molecule has 0 radical (unpaired) electrons. The molecule has 10 heteroatoms. The molecule has 0 aliphatic heterocycles. The van der Waals surface area contributed by atoms with Gasteiger partial charge in [0.1, 0.15) is 19.8 Å². The van der Waals surface area contributed by atoms with Gasteiger partial charge in [0.15, 0.2) is 6.10 Å². The zero-order chi connectivity index (χ0) is 39.3. The summed E-state index contributed by atoms with van der Waals surface area (Å²) >= 11 is 0. The van der Waals surface area contributed by atoms with Crippen molar-refractivity contribution in [3.63, 3.8) is 0 Å². The zero-order valence-corrected chi connectivity index (χ0v) is 35.9. The van der Waals surface area contributed by atoms with Crippen molar-refractivity contribution in [1.82, 2.24) is 0 Å². The summed E-state index contributed by atoms with van der Waals surface area (Å²) in [6.07, 6.45) is 37.9. The van der Waals surface area contributed by atoms with Crippen molar-refractivity contribution in [3.05, 3.63) is 24.3 Å². The van der Waals surface area contributed by atoms with Gasteiger partial charge in [-0.25, -0.2) is 4.57 Å². The topological polar surface area (TPSA) is 108 Å². The number of rotatable bonds is 39. The van der Waals surface area contributed by atoms with Crippen LogP contribution in [0.25, 0.3) is 0 Å². The van der Waals surface area contributed by atoms with Crippen LogP contribution in [0.5, 0.6) is 0 Å². The molecule has 1 N–H and O–H groups in total. The van der Waals surface area contributed by atoms with Crippen LogP contribution in [0.2, 0.25) is 0 Å². The highest BCUT2D eigenvalue weighted by Gasteiger charge is 2.27. The lowest BCUT2D eigenvalue weighted by molar-refractivity contribution is -0.870. The van der Waals surface area contributed by atoms with Crippen LogP contribution in [0.4, 0.5) is 0 Å². The first-order chi connectivity index (χ1) is 25.5. The van der Waals surface area contributed by atoms with Gasteiger partial charge in [-0.2, -0.15) is 0 Å². The van der Waals surface area contributed by atoms with Crippen molar-refractivity contribution in [2.75, 3.05) is 47.5 Å². The highest BCUT2D eigenvalue weighted by molar-refractivity contribution is 7.47. The monoisotopic (exact) mass is 773 g/mol. The molecule has 0 aromatic rings. The minimum Gasteiger partial charge on any atom is -0.462 e. The number of nitrogens with zero attached hydrogens (tertiary/aromatic N) is 1. The molecular formula is C43H83NO8P+. The van der Waals surface area contributed by atoms with Crippen molar-refractivity contribution < 1.29 is 42.1 Å². The predicted molar refractivity (Wildman–Crippen MR) is 220 cm³/mol. The summed E-state index contributed by atoms with van der Waals surface area (Å²) in [5.74, 6) is -0.806. The molecule has 53 heavy (non-hydrogen) atoms. The van der Waals surface area contributed by atoms with E-state index in [0.29, 0.717) is 23.9 Å². The van der Waals surface area contributed by atoms with Crippen molar-refractivity contribution in [1.29, 1.82) is 0 Å². The van der Waals surface area contributed by atoms with Crippen LogP contribution in [-0.2, 0) is 32.7 Å². The van der Waals surface area contributed by atoms with Crippen LogP contribution in [0.1, 0.15) is 187 Å². The van der Waals surface area contributed by atoms with Crippen LogP contribution >= 0.6 is 7.82 Å². The second-order valence-electron chi connectivity index (χ2n) is 15.7. The first-order valence-electron chi connectivity index (χ1n) is 21.6. The molecule has 0 aliphatic rings. The van der Waals surface area contributed by atoms with E-state index >= 15 is 0 Å². The van der Waals surface area contributed by atoms with Crippen molar-refractivity contribution in [2.24, 2.45) is 0 Å². The first kappa shape index (κ1) is 51.5. The summed E-state index contributed by atoms with van der Waals surface area (Å²) in [5, 5.41) is 0. The number of carbonyl (C=O) groups excluding carboxylic acids is 2. The minimum absolute atomic E-state index is 0.0311. The van der Waals surface area contributed by atoms with Gasteiger partial charge in [0.25, 0.3) is 0 Å². The van der Waals surface area contributed by atoms with Crippen LogP contribution < -0.4 is 0 Å². The Bertz CT molecular complexity index is 964. The molecule has 0 amide bonds. The Balaban J connectivity index is 4.38. The van der Waals surface area contributed by atoms with Crippen LogP contribution in [0, 0.1) is 0 Å². The number of ether oxygens (including phenoxy) is 2. The number of phosphoric ester groups is 1. The molecule has 0 rings (SSSR count). The molecule has 0 spiro atoms. The van der Waals surface area contributed by atoms with Crippen molar-refractivity contribution in [2.45, 2.75) is 193 Å². The van der Waals surface area contributed by atoms with E-state index in [9.17, 15) is 19.0 Å². The highest BCUT2D eigenvalue weighted by atomic mass is 31.2.